The van der Waals surface area contributed by atoms with Crippen LogP contribution in [0.25, 0.3) is 0 Å². The Morgan fingerprint density at radius 3 is 2.79 bits per heavy atom. The SMILES string of the molecule is CC(Cc1ccco1)Nc1ncccc1OC(C)C. The van der Waals surface area contributed by atoms with Crippen LogP contribution in [-0.2, 0) is 6.42 Å². The van der Waals surface area contributed by atoms with Crippen LogP contribution in [0.4, 0.5) is 5.82 Å². The largest absolute Gasteiger partial charge is 0.487 e. The number of rotatable bonds is 6. The van der Waals surface area contributed by atoms with E-state index < -0.39 is 0 Å². The average molecular weight is 260 g/mol. The molecular weight excluding hydrogens is 240 g/mol. The Morgan fingerprint density at radius 1 is 1.26 bits per heavy atom. The summed E-state index contributed by atoms with van der Waals surface area (Å²) in [6.07, 6.45) is 4.39. The molecule has 0 spiro atoms. The maximum Gasteiger partial charge on any atom is 0.168 e. The molecule has 1 unspecified atom stereocenters. The van der Waals surface area contributed by atoms with E-state index in [9.17, 15) is 0 Å². The molecule has 0 fully saturated rings. The zero-order valence-electron chi connectivity index (χ0n) is 11.6. The fraction of sp³-hybridized carbons (Fsp3) is 0.400. The molecule has 0 amide bonds. The topological polar surface area (TPSA) is 47.3 Å². The number of pyridine rings is 1. The zero-order chi connectivity index (χ0) is 13.7. The van der Waals surface area contributed by atoms with Crippen molar-refractivity contribution in [3.05, 3.63) is 42.5 Å². The van der Waals surface area contributed by atoms with Crippen LogP contribution in [0.3, 0.4) is 0 Å². The molecular formula is C15H20N2O2. The number of furan rings is 1. The van der Waals surface area contributed by atoms with Gasteiger partial charge < -0.3 is 14.5 Å². The van der Waals surface area contributed by atoms with Crippen molar-refractivity contribution < 1.29 is 9.15 Å². The van der Waals surface area contributed by atoms with Crippen LogP contribution in [0, 0.1) is 0 Å². The summed E-state index contributed by atoms with van der Waals surface area (Å²) in [6.45, 7) is 6.10. The lowest BCUT2D eigenvalue weighted by Gasteiger charge is -2.17. The van der Waals surface area contributed by atoms with Gasteiger partial charge in [0.25, 0.3) is 0 Å². The normalized spacial score (nSPS) is 12.4. The predicted molar refractivity (Wildman–Crippen MR) is 75.5 cm³/mol. The second kappa shape index (κ2) is 6.27. The van der Waals surface area contributed by atoms with Crippen LogP contribution in [-0.4, -0.2) is 17.1 Å². The van der Waals surface area contributed by atoms with Gasteiger partial charge in [-0.25, -0.2) is 4.98 Å². The molecule has 0 aliphatic rings. The number of hydrogen-bond acceptors (Lipinski definition) is 4. The molecule has 2 rings (SSSR count). The molecule has 0 saturated heterocycles. The van der Waals surface area contributed by atoms with Crippen molar-refractivity contribution >= 4 is 5.82 Å². The maximum absolute atomic E-state index is 5.73. The van der Waals surface area contributed by atoms with E-state index in [4.69, 9.17) is 9.15 Å². The third-order valence-electron chi connectivity index (χ3n) is 2.60. The monoisotopic (exact) mass is 260 g/mol. The third kappa shape index (κ3) is 4.02. The molecule has 2 aromatic rings. The van der Waals surface area contributed by atoms with Gasteiger partial charge in [0, 0.05) is 18.7 Å². The highest BCUT2D eigenvalue weighted by atomic mass is 16.5. The number of ether oxygens (including phenoxy) is 1. The Bertz CT molecular complexity index is 495. The molecule has 0 radical (unpaired) electrons. The van der Waals surface area contributed by atoms with Gasteiger partial charge in [0.05, 0.1) is 12.4 Å². The van der Waals surface area contributed by atoms with E-state index >= 15 is 0 Å². The highest BCUT2D eigenvalue weighted by Crippen LogP contribution is 2.23. The summed E-state index contributed by atoms with van der Waals surface area (Å²) in [6, 6.07) is 7.89. The molecule has 19 heavy (non-hydrogen) atoms. The van der Waals surface area contributed by atoms with Gasteiger partial charge in [-0.2, -0.15) is 0 Å². The molecule has 1 atom stereocenters. The van der Waals surface area contributed by atoms with Gasteiger partial charge in [0.2, 0.25) is 0 Å². The zero-order valence-corrected chi connectivity index (χ0v) is 11.6. The molecule has 2 aromatic heterocycles. The van der Waals surface area contributed by atoms with Gasteiger partial charge in [-0.3, -0.25) is 0 Å². The fourth-order valence-corrected chi connectivity index (χ4v) is 1.86. The summed E-state index contributed by atoms with van der Waals surface area (Å²) >= 11 is 0. The summed E-state index contributed by atoms with van der Waals surface area (Å²) in [5.74, 6) is 2.52. The van der Waals surface area contributed by atoms with Crippen molar-refractivity contribution in [2.24, 2.45) is 0 Å². The van der Waals surface area contributed by atoms with Crippen LogP contribution in [0.5, 0.6) is 5.75 Å². The van der Waals surface area contributed by atoms with Crippen molar-refractivity contribution in [1.82, 2.24) is 4.98 Å². The van der Waals surface area contributed by atoms with Gasteiger partial charge in [0.1, 0.15) is 5.76 Å². The van der Waals surface area contributed by atoms with Crippen LogP contribution >= 0.6 is 0 Å². The summed E-state index contributed by atoms with van der Waals surface area (Å²) in [4.78, 5) is 4.33. The number of hydrogen-bond donors (Lipinski definition) is 1. The second-order valence-corrected chi connectivity index (χ2v) is 4.85. The van der Waals surface area contributed by atoms with E-state index in [1.807, 2.05) is 38.1 Å². The van der Waals surface area contributed by atoms with Crippen LogP contribution in [0.1, 0.15) is 26.5 Å². The van der Waals surface area contributed by atoms with E-state index in [2.05, 4.69) is 17.2 Å². The Morgan fingerprint density at radius 2 is 2.11 bits per heavy atom. The summed E-state index contributed by atoms with van der Waals surface area (Å²) in [5, 5.41) is 3.36. The van der Waals surface area contributed by atoms with Gasteiger partial charge in [-0.05, 0) is 45.0 Å². The Hall–Kier alpha value is -1.97. The maximum atomic E-state index is 5.73. The minimum Gasteiger partial charge on any atom is -0.487 e. The first-order valence-electron chi connectivity index (χ1n) is 6.55. The molecule has 0 aliphatic carbocycles. The Balaban J connectivity index is 2.01. The highest BCUT2D eigenvalue weighted by molar-refractivity contribution is 5.50. The van der Waals surface area contributed by atoms with E-state index in [1.165, 1.54) is 0 Å². The van der Waals surface area contributed by atoms with E-state index in [0.717, 1.165) is 23.7 Å². The van der Waals surface area contributed by atoms with Gasteiger partial charge >= 0.3 is 0 Å². The highest BCUT2D eigenvalue weighted by Gasteiger charge is 2.11. The number of nitrogens with one attached hydrogen (secondary N) is 1. The van der Waals surface area contributed by atoms with E-state index in [0.29, 0.717) is 0 Å². The van der Waals surface area contributed by atoms with Crippen molar-refractivity contribution in [2.75, 3.05) is 5.32 Å². The summed E-state index contributed by atoms with van der Waals surface area (Å²) in [5.41, 5.74) is 0. The first-order valence-corrected chi connectivity index (χ1v) is 6.55. The first-order chi connectivity index (χ1) is 9.15. The lowest BCUT2D eigenvalue weighted by atomic mass is 10.2. The van der Waals surface area contributed by atoms with Crippen molar-refractivity contribution in [2.45, 2.75) is 39.3 Å². The molecule has 1 N–H and O–H groups in total. The number of anilines is 1. The fourth-order valence-electron chi connectivity index (χ4n) is 1.86. The number of aromatic nitrogens is 1. The van der Waals surface area contributed by atoms with Crippen molar-refractivity contribution in [3.8, 4) is 5.75 Å². The molecule has 0 aliphatic heterocycles. The minimum absolute atomic E-state index is 0.130. The van der Waals surface area contributed by atoms with E-state index in [1.54, 1.807) is 12.5 Å². The van der Waals surface area contributed by atoms with Gasteiger partial charge in [0.15, 0.2) is 11.6 Å². The smallest absolute Gasteiger partial charge is 0.168 e. The lowest BCUT2D eigenvalue weighted by Crippen LogP contribution is -2.20. The molecule has 0 bridgehead atoms. The quantitative estimate of drug-likeness (QED) is 0.863. The minimum atomic E-state index is 0.130. The summed E-state index contributed by atoms with van der Waals surface area (Å²) < 4.78 is 11.1. The molecule has 0 saturated carbocycles. The standard InChI is InChI=1S/C15H20N2O2/c1-11(2)19-14-7-4-8-16-15(14)17-12(3)10-13-6-5-9-18-13/h4-9,11-12H,10H2,1-3H3,(H,16,17). The molecule has 0 aromatic carbocycles. The average Bonchev–Trinajstić information content (AvgIpc) is 2.83. The summed E-state index contributed by atoms with van der Waals surface area (Å²) in [7, 11) is 0. The molecule has 102 valence electrons. The molecule has 4 heteroatoms. The third-order valence-corrected chi connectivity index (χ3v) is 2.60. The van der Waals surface area contributed by atoms with E-state index in [-0.39, 0.29) is 12.1 Å². The van der Waals surface area contributed by atoms with Crippen LogP contribution < -0.4 is 10.1 Å². The molecule has 4 nitrogen and oxygen atoms in total. The van der Waals surface area contributed by atoms with Crippen molar-refractivity contribution in [1.29, 1.82) is 0 Å². The second-order valence-electron chi connectivity index (χ2n) is 4.85. The predicted octanol–water partition coefficient (Wildman–Crippen LogP) is 3.50. The molecule has 2 heterocycles. The van der Waals surface area contributed by atoms with Gasteiger partial charge in [-0.15, -0.1) is 0 Å². The Kier molecular flexibility index (Phi) is 4.44. The van der Waals surface area contributed by atoms with Crippen LogP contribution in [0.2, 0.25) is 0 Å². The lowest BCUT2D eigenvalue weighted by molar-refractivity contribution is 0.242. The van der Waals surface area contributed by atoms with Gasteiger partial charge in [-0.1, -0.05) is 0 Å². The Labute approximate surface area is 113 Å². The number of nitrogens with zero attached hydrogens (tertiary/aromatic N) is 1. The van der Waals surface area contributed by atoms with Crippen LogP contribution in [0.15, 0.2) is 41.1 Å². The first kappa shape index (κ1) is 13.5. The van der Waals surface area contributed by atoms with Crippen molar-refractivity contribution in [3.63, 3.8) is 0 Å².